The van der Waals surface area contributed by atoms with Crippen LogP contribution in [0, 0.1) is 23.7 Å². The standard InChI is InChI=1S/C33H49N5OS.C2H6/c1-11-24(13-16-36-30(39)21-38-23-37-28(14-15-34-9)29(38)12-2)22-40-31(35-10)26-17-25(20-32(3,4)5)18-27(19-26)33(6,7)8;1-2/h2,15,17-19,23-24H,11,13-14,16,20-22H2,1,3-10H3,(H,36,39);1-2H3. The Hall–Kier alpha value is -2.85. The molecule has 1 N–H and O–H groups in total. The molecule has 0 fully saturated rings. The Morgan fingerprint density at radius 1 is 1.17 bits per heavy atom. The van der Waals surface area contributed by atoms with Gasteiger partial charge >= 0.3 is 0 Å². The van der Waals surface area contributed by atoms with Gasteiger partial charge in [-0.15, -0.1) is 18.2 Å². The fourth-order valence-corrected chi connectivity index (χ4v) is 5.72. The number of thioether (sulfide) groups is 1. The van der Waals surface area contributed by atoms with E-state index in [0.717, 1.165) is 35.8 Å². The zero-order valence-electron chi connectivity index (χ0n) is 28.1. The average Bonchev–Trinajstić information content (AvgIpc) is 3.31. The summed E-state index contributed by atoms with van der Waals surface area (Å²) in [5, 5.41) is 4.14. The minimum Gasteiger partial charge on any atom is -0.355 e. The highest BCUT2D eigenvalue weighted by molar-refractivity contribution is 8.14. The van der Waals surface area contributed by atoms with E-state index in [1.165, 1.54) is 16.7 Å². The van der Waals surface area contributed by atoms with E-state index in [9.17, 15) is 4.79 Å². The summed E-state index contributed by atoms with van der Waals surface area (Å²) >= 11 is 1.82. The fraction of sp³-hybridized carbons (Fsp3) is 0.600. The van der Waals surface area contributed by atoms with Gasteiger partial charge in [-0.05, 0) is 52.8 Å². The third kappa shape index (κ3) is 12.6. The van der Waals surface area contributed by atoms with Crippen molar-refractivity contribution in [2.75, 3.05) is 26.4 Å². The second-order valence-corrected chi connectivity index (χ2v) is 13.6. The van der Waals surface area contributed by atoms with Crippen LogP contribution in [0.1, 0.15) is 103 Å². The molecule has 1 heterocycles. The minimum atomic E-state index is -0.0618. The van der Waals surface area contributed by atoms with Crippen LogP contribution >= 0.6 is 11.8 Å². The van der Waals surface area contributed by atoms with Crippen molar-refractivity contribution in [2.45, 2.75) is 100.0 Å². The minimum absolute atomic E-state index is 0.0618. The number of benzene rings is 1. The van der Waals surface area contributed by atoms with Crippen LogP contribution in [-0.4, -0.2) is 53.1 Å². The zero-order chi connectivity index (χ0) is 31.9. The van der Waals surface area contributed by atoms with Crippen molar-refractivity contribution in [1.82, 2.24) is 14.9 Å². The summed E-state index contributed by atoms with van der Waals surface area (Å²) in [7, 11) is 3.60. The Balaban J connectivity index is 0.00000431. The highest BCUT2D eigenvalue weighted by atomic mass is 32.2. The first-order valence-electron chi connectivity index (χ1n) is 15.2. The molecule has 1 aromatic heterocycles. The molecular weight excluding hydrogens is 538 g/mol. The quantitative estimate of drug-likeness (QED) is 0.159. The number of imidazole rings is 1. The number of terminal acetylenes is 1. The zero-order valence-corrected chi connectivity index (χ0v) is 28.9. The Labute approximate surface area is 260 Å². The van der Waals surface area contributed by atoms with Gasteiger partial charge in [0.05, 0.1) is 17.1 Å². The maximum Gasteiger partial charge on any atom is 0.240 e. The highest BCUT2D eigenvalue weighted by Crippen LogP contribution is 2.30. The van der Waals surface area contributed by atoms with Crippen molar-refractivity contribution >= 4 is 28.9 Å². The van der Waals surface area contributed by atoms with Crippen LogP contribution in [0.2, 0.25) is 0 Å². The summed E-state index contributed by atoms with van der Waals surface area (Å²) in [6.07, 6.45) is 12.6. The normalized spacial score (nSPS) is 13.0. The smallest absolute Gasteiger partial charge is 0.240 e. The van der Waals surface area contributed by atoms with Gasteiger partial charge in [0, 0.05) is 44.6 Å². The summed E-state index contributed by atoms with van der Waals surface area (Å²) in [4.78, 5) is 25.7. The van der Waals surface area contributed by atoms with Gasteiger partial charge in [0.1, 0.15) is 12.2 Å². The van der Waals surface area contributed by atoms with Crippen molar-refractivity contribution < 1.29 is 4.79 Å². The predicted molar refractivity (Wildman–Crippen MR) is 184 cm³/mol. The molecule has 0 aliphatic heterocycles. The van der Waals surface area contributed by atoms with E-state index >= 15 is 0 Å². The Kier molecular flexibility index (Phi) is 15.9. The summed E-state index contributed by atoms with van der Waals surface area (Å²) < 4.78 is 1.73. The van der Waals surface area contributed by atoms with Crippen LogP contribution in [0.5, 0.6) is 0 Å². The molecule has 0 aliphatic rings. The summed E-state index contributed by atoms with van der Waals surface area (Å²) in [5.41, 5.74) is 5.59. The van der Waals surface area contributed by atoms with Gasteiger partial charge in [0.2, 0.25) is 5.91 Å². The Morgan fingerprint density at radius 3 is 2.40 bits per heavy atom. The molecule has 0 aliphatic carbocycles. The number of aromatic nitrogens is 2. The van der Waals surface area contributed by atoms with Gasteiger partial charge in [-0.3, -0.25) is 9.79 Å². The molecular formula is C35H55N5OS. The third-order valence-electron chi connectivity index (χ3n) is 6.78. The van der Waals surface area contributed by atoms with E-state index in [1.54, 1.807) is 24.2 Å². The van der Waals surface area contributed by atoms with Gasteiger partial charge in [-0.2, -0.15) is 0 Å². The highest BCUT2D eigenvalue weighted by Gasteiger charge is 2.20. The number of aliphatic imine (C=N–C) groups is 2. The Morgan fingerprint density at radius 2 is 1.86 bits per heavy atom. The average molecular weight is 594 g/mol. The molecule has 0 spiro atoms. The van der Waals surface area contributed by atoms with Gasteiger partial charge in [0.25, 0.3) is 0 Å². The lowest BCUT2D eigenvalue weighted by molar-refractivity contribution is -0.121. The van der Waals surface area contributed by atoms with E-state index in [4.69, 9.17) is 11.4 Å². The fourth-order valence-electron chi connectivity index (χ4n) is 4.51. The van der Waals surface area contributed by atoms with Gasteiger partial charge in [-0.1, -0.05) is 80.7 Å². The maximum atomic E-state index is 12.6. The molecule has 0 bridgehead atoms. The van der Waals surface area contributed by atoms with Crippen molar-refractivity contribution in [3.05, 3.63) is 52.6 Å². The van der Waals surface area contributed by atoms with E-state index in [0.29, 0.717) is 24.6 Å². The van der Waals surface area contributed by atoms with Crippen LogP contribution < -0.4 is 5.32 Å². The summed E-state index contributed by atoms with van der Waals surface area (Å²) in [6.45, 7) is 20.7. The number of nitrogens with one attached hydrogen (secondary N) is 1. The second-order valence-electron chi connectivity index (χ2n) is 12.6. The van der Waals surface area contributed by atoms with E-state index < -0.39 is 0 Å². The number of hydrogen-bond donors (Lipinski definition) is 1. The lowest BCUT2D eigenvalue weighted by Gasteiger charge is -2.24. The number of carbonyl (C=O) groups excluding carboxylic acids is 1. The number of hydrogen-bond acceptors (Lipinski definition) is 5. The molecule has 232 valence electrons. The number of carbonyl (C=O) groups is 1. The SMILES string of the molecule is C#Cc1c(CC=NC)ncn1CC(=O)NCCC(CC)CSC(=NC)c1cc(CC(C)(C)C)cc(C(C)(C)C)c1.CC. The molecule has 0 radical (unpaired) electrons. The maximum absolute atomic E-state index is 12.6. The molecule has 0 saturated carbocycles. The molecule has 42 heavy (non-hydrogen) atoms. The molecule has 2 aromatic rings. The topological polar surface area (TPSA) is 71.6 Å². The van der Waals surface area contributed by atoms with Gasteiger partial charge in [-0.25, -0.2) is 4.98 Å². The third-order valence-corrected chi connectivity index (χ3v) is 8.11. The molecule has 1 atom stereocenters. The van der Waals surface area contributed by atoms with Crippen LogP contribution in [0.25, 0.3) is 0 Å². The first-order chi connectivity index (χ1) is 19.8. The van der Waals surface area contributed by atoms with Gasteiger partial charge in [0.15, 0.2) is 0 Å². The molecule has 1 aromatic carbocycles. The van der Waals surface area contributed by atoms with Crippen molar-refractivity contribution in [3.8, 4) is 12.3 Å². The lowest BCUT2D eigenvalue weighted by atomic mass is 9.82. The van der Waals surface area contributed by atoms with Crippen molar-refractivity contribution in [3.63, 3.8) is 0 Å². The molecule has 7 heteroatoms. The predicted octanol–water partition coefficient (Wildman–Crippen LogP) is 7.36. The summed E-state index contributed by atoms with van der Waals surface area (Å²) in [5.74, 6) is 4.02. The molecule has 6 nitrogen and oxygen atoms in total. The van der Waals surface area contributed by atoms with Crippen LogP contribution in [0.4, 0.5) is 0 Å². The number of rotatable bonds is 12. The van der Waals surface area contributed by atoms with E-state index in [-0.39, 0.29) is 23.3 Å². The Bertz CT molecular complexity index is 1220. The second kappa shape index (κ2) is 18.0. The molecule has 1 unspecified atom stereocenters. The van der Waals surface area contributed by atoms with Crippen LogP contribution in [0.15, 0.2) is 34.5 Å². The number of nitrogens with zero attached hydrogens (tertiary/aromatic N) is 4. The van der Waals surface area contributed by atoms with E-state index in [2.05, 4.69) is 87.9 Å². The van der Waals surface area contributed by atoms with Crippen LogP contribution in [0.3, 0.4) is 0 Å². The largest absolute Gasteiger partial charge is 0.355 e. The van der Waals surface area contributed by atoms with Crippen molar-refractivity contribution in [2.24, 2.45) is 21.3 Å². The van der Waals surface area contributed by atoms with Crippen LogP contribution in [-0.2, 0) is 29.6 Å². The van der Waals surface area contributed by atoms with E-state index in [1.807, 2.05) is 32.7 Å². The first-order valence-corrected chi connectivity index (χ1v) is 16.2. The molecule has 0 saturated heterocycles. The monoisotopic (exact) mass is 593 g/mol. The molecule has 1 amide bonds. The summed E-state index contributed by atoms with van der Waals surface area (Å²) in [6, 6.07) is 6.99. The van der Waals surface area contributed by atoms with Crippen molar-refractivity contribution in [1.29, 1.82) is 0 Å². The first kappa shape index (κ1) is 37.2. The molecule has 2 rings (SSSR count). The van der Waals surface area contributed by atoms with Gasteiger partial charge < -0.3 is 14.9 Å². The lowest BCUT2D eigenvalue weighted by Crippen LogP contribution is -2.30. The number of amides is 1.